The van der Waals surface area contributed by atoms with Crippen molar-refractivity contribution in [2.45, 2.75) is 37.5 Å². The van der Waals surface area contributed by atoms with Crippen LogP contribution < -0.4 is 0 Å². The second-order valence-electron chi connectivity index (χ2n) is 8.25. The van der Waals surface area contributed by atoms with Gasteiger partial charge >= 0.3 is 0 Å². The van der Waals surface area contributed by atoms with Crippen molar-refractivity contribution in [1.29, 1.82) is 0 Å². The summed E-state index contributed by atoms with van der Waals surface area (Å²) in [6, 6.07) is 28.6. The summed E-state index contributed by atoms with van der Waals surface area (Å²) in [7, 11) is 0. The van der Waals surface area contributed by atoms with E-state index >= 15 is 0 Å². The van der Waals surface area contributed by atoms with E-state index in [4.69, 9.17) is 0 Å². The van der Waals surface area contributed by atoms with E-state index in [2.05, 4.69) is 76.7 Å². The fraction of sp³-hybridized carbons (Fsp3) is 0.214. The zero-order valence-corrected chi connectivity index (χ0v) is 17.2. The minimum atomic E-state index is 0.109. The summed E-state index contributed by atoms with van der Waals surface area (Å²) in [5, 5.41) is 0. The first-order chi connectivity index (χ1) is 14.9. The first kappa shape index (κ1) is 18.7. The van der Waals surface area contributed by atoms with Crippen LogP contribution >= 0.6 is 0 Å². The Hall–Kier alpha value is -3.26. The number of hydrogen-bond donors (Lipinski definition) is 0. The van der Waals surface area contributed by atoms with Crippen molar-refractivity contribution in [1.82, 2.24) is 9.97 Å². The molecule has 1 aliphatic rings. The third kappa shape index (κ3) is 3.54. The van der Waals surface area contributed by atoms with Crippen molar-refractivity contribution in [3.05, 3.63) is 109 Å². The Bertz CT molecular complexity index is 994. The van der Waals surface area contributed by atoms with Gasteiger partial charge in [-0.25, -0.2) is 0 Å². The highest BCUT2D eigenvalue weighted by atomic mass is 14.7. The van der Waals surface area contributed by atoms with E-state index in [9.17, 15) is 0 Å². The summed E-state index contributed by atoms with van der Waals surface area (Å²) in [5.41, 5.74) is 7.65. The normalized spacial score (nSPS) is 15.6. The highest BCUT2D eigenvalue weighted by molar-refractivity contribution is 5.64. The molecular formula is C28H26N2. The minimum absolute atomic E-state index is 0.109. The molecule has 2 aromatic heterocycles. The molecule has 0 radical (unpaired) electrons. The first-order valence-corrected chi connectivity index (χ1v) is 10.9. The number of hydrogen-bond acceptors (Lipinski definition) is 2. The standard InChI is InChI=1S/C28H26N2/c1-3-17-28(18-4-1,25-11-7-22(8-12-25)23-15-20-29-21-16-23)26-13-9-24(10-14-26)27-6-2-5-19-30-27/h2,5-16,19-21H,1,3-4,17-18H2. The van der Waals surface area contributed by atoms with Gasteiger partial charge in [-0.15, -0.1) is 0 Å². The Morgan fingerprint density at radius 1 is 0.533 bits per heavy atom. The molecule has 0 amide bonds. The van der Waals surface area contributed by atoms with Crippen LogP contribution in [0, 0.1) is 0 Å². The van der Waals surface area contributed by atoms with Crippen LogP contribution in [0.1, 0.15) is 43.2 Å². The van der Waals surface area contributed by atoms with E-state index in [1.807, 2.05) is 30.7 Å². The maximum absolute atomic E-state index is 4.50. The molecule has 1 fully saturated rings. The van der Waals surface area contributed by atoms with Crippen LogP contribution in [-0.2, 0) is 5.41 Å². The smallest absolute Gasteiger partial charge is 0.0701 e. The second kappa shape index (κ2) is 8.23. The molecule has 0 spiro atoms. The van der Waals surface area contributed by atoms with Gasteiger partial charge in [-0.2, -0.15) is 0 Å². The highest BCUT2D eigenvalue weighted by Gasteiger charge is 2.35. The lowest BCUT2D eigenvalue weighted by Crippen LogP contribution is -2.30. The minimum Gasteiger partial charge on any atom is -0.265 e. The van der Waals surface area contributed by atoms with Crippen LogP contribution in [0.2, 0.25) is 0 Å². The number of benzene rings is 2. The van der Waals surface area contributed by atoms with Gasteiger partial charge in [0.25, 0.3) is 0 Å². The summed E-state index contributed by atoms with van der Waals surface area (Å²) >= 11 is 0. The predicted molar refractivity (Wildman–Crippen MR) is 123 cm³/mol. The molecule has 4 aromatic rings. The van der Waals surface area contributed by atoms with Gasteiger partial charge in [0.2, 0.25) is 0 Å². The van der Waals surface area contributed by atoms with Crippen molar-refractivity contribution in [2.24, 2.45) is 0 Å². The summed E-state index contributed by atoms with van der Waals surface area (Å²) in [6.07, 6.45) is 11.9. The maximum Gasteiger partial charge on any atom is 0.0701 e. The molecular weight excluding hydrogens is 364 g/mol. The Morgan fingerprint density at radius 2 is 1.13 bits per heavy atom. The van der Waals surface area contributed by atoms with Gasteiger partial charge in [-0.05, 0) is 59.4 Å². The van der Waals surface area contributed by atoms with Crippen molar-refractivity contribution in [3.8, 4) is 22.4 Å². The van der Waals surface area contributed by atoms with Crippen molar-refractivity contribution in [2.75, 3.05) is 0 Å². The maximum atomic E-state index is 4.50. The monoisotopic (exact) mass is 390 g/mol. The van der Waals surface area contributed by atoms with Gasteiger partial charge in [-0.1, -0.05) is 73.9 Å². The molecule has 1 aliphatic carbocycles. The topological polar surface area (TPSA) is 25.8 Å². The zero-order valence-electron chi connectivity index (χ0n) is 17.2. The molecule has 2 heterocycles. The molecule has 0 atom stereocenters. The molecule has 0 bridgehead atoms. The van der Waals surface area contributed by atoms with Crippen LogP contribution in [0.3, 0.4) is 0 Å². The number of nitrogens with zero attached hydrogens (tertiary/aromatic N) is 2. The summed E-state index contributed by atoms with van der Waals surface area (Å²) < 4.78 is 0. The summed E-state index contributed by atoms with van der Waals surface area (Å²) in [6.45, 7) is 0. The molecule has 1 saturated carbocycles. The van der Waals surface area contributed by atoms with E-state index in [-0.39, 0.29) is 5.41 Å². The van der Waals surface area contributed by atoms with Gasteiger partial charge in [0.05, 0.1) is 5.69 Å². The lowest BCUT2D eigenvalue weighted by Gasteiger charge is -2.39. The number of aromatic nitrogens is 2. The van der Waals surface area contributed by atoms with Crippen LogP contribution in [-0.4, -0.2) is 9.97 Å². The molecule has 0 unspecified atom stereocenters. The average Bonchev–Trinajstić information content (AvgIpc) is 2.86. The summed E-state index contributed by atoms with van der Waals surface area (Å²) in [5.74, 6) is 0. The van der Waals surface area contributed by atoms with E-state index in [0.717, 1.165) is 5.69 Å². The van der Waals surface area contributed by atoms with E-state index in [1.54, 1.807) is 0 Å². The lowest BCUT2D eigenvalue weighted by atomic mass is 9.65. The van der Waals surface area contributed by atoms with E-state index < -0.39 is 0 Å². The van der Waals surface area contributed by atoms with Crippen LogP contribution in [0.4, 0.5) is 0 Å². The fourth-order valence-corrected chi connectivity index (χ4v) is 4.92. The molecule has 2 nitrogen and oxygen atoms in total. The molecule has 2 heteroatoms. The van der Waals surface area contributed by atoms with Gasteiger partial charge in [0.15, 0.2) is 0 Å². The van der Waals surface area contributed by atoms with Gasteiger partial charge in [0.1, 0.15) is 0 Å². The van der Waals surface area contributed by atoms with Crippen molar-refractivity contribution in [3.63, 3.8) is 0 Å². The molecule has 0 N–H and O–H groups in total. The van der Waals surface area contributed by atoms with E-state index in [1.165, 1.54) is 59.9 Å². The van der Waals surface area contributed by atoms with Gasteiger partial charge < -0.3 is 0 Å². The highest BCUT2D eigenvalue weighted by Crippen LogP contribution is 2.45. The molecule has 0 saturated heterocycles. The molecule has 2 aromatic carbocycles. The average molecular weight is 391 g/mol. The third-order valence-corrected chi connectivity index (χ3v) is 6.56. The molecule has 0 aliphatic heterocycles. The number of pyridine rings is 2. The molecule has 148 valence electrons. The van der Waals surface area contributed by atoms with Crippen molar-refractivity contribution >= 4 is 0 Å². The van der Waals surface area contributed by atoms with Crippen LogP contribution in [0.5, 0.6) is 0 Å². The van der Waals surface area contributed by atoms with Crippen molar-refractivity contribution < 1.29 is 0 Å². The lowest BCUT2D eigenvalue weighted by molar-refractivity contribution is 0.346. The SMILES string of the molecule is c1ccc(-c2ccc(C3(c4ccc(-c5ccncc5)cc4)CCCCC3)cc2)nc1. The largest absolute Gasteiger partial charge is 0.265 e. The van der Waals surface area contributed by atoms with Crippen LogP contribution in [0.15, 0.2) is 97.5 Å². The zero-order chi connectivity index (χ0) is 20.2. The fourth-order valence-electron chi connectivity index (χ4n) is 4.92. The Labute approximate surface area is 178 Å². The first-order valence-electron chi connectivity index (χ1n) is 10.9. The summed E-state index contributed by atoms with van der Waals surface area (Å²) in [4.78, 5) is 8.64. The predicted octanol–water partition coefficient (Wildman–Crippen LogP) is 7.06. The number of rotatable bonds is 4. The third-order valence-electron chi connectivity index (χ3n) is 6.56. The Kier molecular flexibility index (Phi) is 5.15. The Balaban J connectivity index is 1.51. The second-order valence-corrected chi connectivity index (χ2v) is 8.25. The Morgan fingerprint density at radius 3 is 1.73 bits per heavy atom. The van der Waals surface area contributed by atoms with Gasteiger partial charge in [-0.3, -0.25) is 9.97 Å². The molecule has 5 rings (SSSR count). The van der Waals surface area contributed by atoms with Gasteiger partial charge in [0, 0.05) is 29.6 Å². The van der Waals surface area contributed by atoms with E-state index in [0.29, 0.717) is 0 Å². The van der Waals surface area contributed by atoms with Crippen LogP contribution in [0.25, 0.3) is 22.4 Å². The molecule has 30 heavy (non-hydrogen) atoms. The quantitative estimate of drug-likeness (QED) is 0.373.